The van der Waals surface area contributed by atoms with Gasteiger partial charge in [-0.25, -0.2) is 13.9 Å². The van der Waals surface area contributed by atoms with E-state index < -0.39 is 22.0 Å². The Morgan fingerprint density at radius 2 is 1.80 bits per heavy atom. The Kier molecular flexibility index (Phi) is 4.87. The van der Waals surface area contributed by atoms with Gasteiger partial charge in [-0.15, -0.1) is 11.3 Å². The van der Waals surface area contributed by atoms with Gasteiger partial charge < -0.3 is 0 Å². The zero-order valence-electron chi connectivity index (χ0n) is 13.3. The standard InChI is InChI=1S/C17H16N2O4S2/c1-11(17(20)18-21)19-25(22,23)14-8-6-12(7-9-14)16-10-13-4-2-3-5-15(13)24-16/h2-11,19,21H,1H3,(H,18,20)/t11-/m1/s1. The molecule has 0 aliphatic carbocycles. The molecule has 0 aliphatic heterocycles. The van der Waals surface area contributed by atoms with E-state index in [1.807, 2.05) is 24.3 Å². The molecule has 8 heteroatoms. The van der Waals surface area contributed by atoms with Crippen LogP contribution in [0.2, 0.25) is 0 Å². The Hall–Kier alpha value is -2.26. The van der Waals surface area contributed by atoms with E-state index in [0.29, 0.717) is 0 Å². The number of sulfonamides is 1. The topological polar surface area (TPSA) is 95.5 Å². The van der Waals surface area contributed by atoms with Crippen LogP contribution in [0.4, 0.5) is 0 Å². The van der Waals surface area contributed by atoms with E-state index in [2.05, 4.69) is 10.8 Å². The second kappa shape index (κ2) is 6.93. The van der Waals surface area contributed by atoms with Crippen LogP contribution in [-0.4, -0.2) is 25.6 Å². The first kappa shape index (κ1) is 17.6. The van der Waals surface area contributed by atoms with Gasteiger partial charge in [0.2, 0.25) is 10.0 Å². The molecule has 0 saturated carbocycles. The summed E-state index contributed by atoms with van der Waals surface area (Å²) in [6.07, 6.45) is 0. The van der Waals surface area contributed by atoms with Gasteiger partial charge in [-0.3, -0.25) is 10.0 Å². The predicted octanol–water partition coefficient (Wildman–Crippen LogP) is 2.74. The summed E-state index contributed by atoms with van der Waals surface area (Å²) < 4.78 is 27.9. The zero-order chi connectivity index (χ0) is 18.0. The molecular formula is C17H16N2O4S2. The lowest BCUT2D eigenvalue weighted by Crippen LogP contribution is -2.43. The van der Waals surface area contributed by atoms with Crippen molar-refractivity contribution in [1.29, 1.82) is 0 Å². The van der Waals surface area contributed by atoms with Crippen LogP contribution in [0.1, 0.15) is 6.92 Å². The predicted molar refractivity (Wildman–Crippen MR) is 97.0 cm³/mol. The van der Waals surface area contributed by atoms with Crippen LogP contribution in [0.15, 0.2) is 59.5 Å². The molecule has 2 aromatic carbocycles. The van der Waals surface area contributed by atoms with Crippen molar-refractivity contribution in [1.82, 2.24) is 10.2 Å². The molecule has 3 N–H and O–H groups in total. The smallest absolute Gasteiger partial charge is 0.261 e. The minimum atomic E-state index is -3.86. The molecule has 0 aliphatic rings. The van der Waals surface area contributed by atoms with Crippen LogP contribution >= 0.6 is 11.3 Å². The molecule has 3 rings (SSSR count). The summed E-state index contributed by atoms with van der Waals surface area (Å²) in [5.41, 5.74) is 2.34. The number of hydroxylamine groups is 1. The number of carbonyl (C=O) groups excluding carboxylic acids is 1. The summed E-state index contributed by atoms with van der Waals surface area (Å²) in [5.74, 6) is -0.828. The SMILES string of the molecule is C[C@@H](NS(=O)(=O)c1ccc(-c2cc3ccccc3s2)cc1)C(=O)NO. The van der Waals surface area contributed by atoms with Gasteiger partial charge >= 0.3 is 0 Å². The van der Waals surface area contributed by atoms with E-state index in [0.717, 1.165) is 15.8 Å². The molecule has 0 saturated heterocycles. The number of fused-ring (bicyclic) bond motifs is 1. The molecule has 0 bridgehead atoms. The van der Waals surface area contributed by atoms with Gasteiger partial charge in [-0.05, 0) is 42.1 Å². The molecule has 6 nitrogen and oxygen atoms in total. The second-order valence-electron chi connectivity index (χ2n) is 5.49. The Morgan fingerprint density at radius 3 is 2.44 bits per heavy atom. The van der Waals surface area contributed by atoms with Crippen molar-refractivity contribution >= 4 is 37.4 Å². The lowest BCUT2D eigenvalue weighted by atomic mass is 10.1. The third-order valence-corrected chi connectivity index (χ3v) is 6.43. The van der Waals surface area contributed by atoms with Gasteiger partial charge in [0.25, 0.3) is 5.91 Å². The third kappa shape index (κ3) is 3.72. The Morgan fingerprint density at radius 1 is 1.12 bits per heavy atom. The molecule has 0 unspecified atom stereocenters. The monoisotopic (exact) mass is 376 g/mol. The number of benzene rings is 2. The number of hydrogen-bond donors (Lipinski definition) is 3. The molecule has 0 fully saturated rings. The first-order chi connectivity index (χ1) is 11.9. The number of thiophene rings is 1. The molecule has 1 aromatic heterocycles. The molecule has 1 heterocycles. The number of hydrogen-bond acceptors (Lipinski definition) is 5. The van der Waals surface area contributed by atoms with Crippen molar-refractivity contribution in [2.75, 3.05) is 0 Å². The number of nitrogens with one attached hydrogen (secondary N) is 2. The quantitative estimate of drug-likeness (QED) is 0.471. The van der Waals surface area contributed by atoms with Crippen molar-refractivity contribution in [2.45, 2.75) is 17.9 Å². The molecule has 0 spiro atoms. The largest absolute Gasteiger partial charge is 0.289 e. The lowest BCUT2D eigenvalue weighted by molar-refractivity contribution is -0.130. The average Bonchev–Trinajstić information content (AvgIpc) is 3.05. The normalized spacial score (nSPS) is 12.9. The fourth-order valence-electron chi connectivity index (χ4n) is 2.37. The third-order valence-electron chi connectivity index (χ3n) is 3.71. The van der Waals surface area contributed by atoms with Gasteiger partial charge in [-0.2, -0.15) is 4.72 Å². The van der Waals surface area contributed by atoms with Gasteiger partial charge in [0.1, 0.15) is 6.04 Å². The average molecular weight is 376 g/mol. The van der Waals surface area contributed by atoms with Gasteiger partial charge in [0, 0.05) is 9.58 Å². The molecule has 130 valence electrons. The molecule has 3 aromatic rings. The van der Waals surface area contributed by atoms with E-state index in [4.69, 9.17) is 5.21 Å². The van der Waals surface area contributed by atoms with Gasteiger partial charge in [0.15, 0.2) is 0 Å². The first-order valence-electron chi connectivity index (χ1n) is 7.46. The summed E-state index contributed by atoms with van der Waals surface area (Å²) >= 11 is 1.64. The highest BCUT2D eigenvalue weighted by Crippen LogP contribution is 2.33. The van der Waals surface area contributed by atoms with Crippen molar-refractivity contribution in [3.8, 4) is 10.4 Å². The van der Waals surface area contributed by atoms with Crippen LogP contribution in [0.5, 0.6) is 0 Å². The molecule has 1 atom stereocenters. The van der Waals surface area contributed by atoms with E-state index in [9.17, 15) is 13.2 Å². The number of amides is 1. The zero-order valence-corrected chi connectivity index (χ0v) is 14.9. The number of carbonyl (C=O) groups is 1. The van der Waals surface area contributed by atoms with Crippen LogP contribution in [0.25, 0.3) is 20.5 Å². The fraction of sp³-hybridized carbons (Fsp3) is 0.118. The first-order valence-corrected chi connectivity index (χ1v) is 9.76. The maximum atomic E-state index is 12.3. The Balaban J connectivity index is 1.85. The van der Waals surface area contributed by atoms with Gasteiger partial charge in [-0.1, -0.05) is 30.3 Å². The molecule has 0 radical (unpaired) electrons. The van der Waals surface area contributed by atoms with Crippen molar-refractivity contribution in [2.24, 2.45) is 0 Å². The minimum Gasteiger partial charge on any atom is -0.289 e. The maximum absolute atomic E-state index is 12.3. The van der Waals surface area contributed by atoms with Crippen molar-refractivity contribution in [3.63, 3.8) is 0 Å². The number of rotatable bonds is 5. The van der Waals surface area contributed by atoms with E-state index in [-0.39, 0.29) is 4.90 Å². The van der Waals surface area contributed by atoms with Gasteiger partial charge in [0.05, 0.1) is 4.90 Å². The van der Waals surface area contributed by atoms with Crippen molar-refractivity contribution in [3.05, 3.63) is 54.6 Å². The van der Waals surface area contributed by atoms with Crippen molar-refractivity contribution < 1.29 is 18.4 Å². The minimum absolute atomic E-state index is 0.0509. The summed E-state index contributed by atoms with van der Waals surface area (Å²) in [5, 5.41) is 9.70. The van der Waals surface area contributed by atoms with E-state index >= 15 is 0 Å². The highest BCUT2D eigenvalue weighted by Gasteiger charge is 2.21. The summed E-state index contributed by atoms with van der Waals surface area (Å²) in [4.78, 5) is 12.4. The maximum Gasteiger partial charge on any atom is 0.261 e. The van der Waals surface area contributed by atoms with Crippen LogP contribution in [0.3, 0.4) is 0 Å². The summed E-state index contributed by atoms with van der Waals surface area (Å²) in [6.45, 7) is 1.34. The Labute approximate surface area is 149 Å². The highest BCUT2D eigenvalue weighted by molar-refractivity contribution is 7.89. The Bertz CT molecular complexity index is 978. The molecule has 1 amide bonds. The summed E-state index contributed by atoms with van der Waals surface area (Å²) in [6, 6.07) is 15.5. The fourth-order valence-corrected chi connectivity index (χ4v) is 4.64. The van der Waals surface area contributed by atoms with Crippen LogP contribution < -0.4 is 10.2 Å². The highest BCUT2D eigenvalue weighted by atomic mass is 32.2. The van der Waals surface area contributed by atoms with E-state index in [1.165, 1.54) is 29.2 Å². The van der Waals surface area contributed by atoms with Crippen LogP contribution in [0, 0.1) is 0 Å². The van der Waals surface area contributed by atoms with Crippen LogP contribution in [-0.2, 0) is 14.8 Å². The van der Waals surface area contributed by atoms with E-state index in [1.54, 1.807) is 23.5 Å². The molecular weight excluding hydrogens is 360 g/mol. The second-order valence-corrected chi connectivity index (χ2v) is 8.29. The molecule has 25 heavy (non-hydrogen) atoms. The lowest BCUT2D eigenvalue weighted by Gasteiger charge is -2.12. The summed E-state index contributed by atoms with van der Waals surface area (Å²) in [7, 11) is -3.86.